The lowest BCUT2D eigenvalue weighted by molar-refractivity contribution is 0.132. The molecule has 92 valence electrons. The third-order valence-corrected chi connectivity index (χ3v) is 3.22. The van der Waals surface area contributed by atoms with E-state index in [4.69, 9.17) is 0 Å². The Morgan fingerprint density at radius 1 is 1.53 bits per heavy atom. The number of aliphatic hydroxyl groups is 1. The van der Waals surface area contributed by atoms with Crippen LogP contribution in [0.4, 0.5) is 0 Å². The Morgan fingerprint density at radius 2 is 2.29 bits per heavy atom. The van der Waals surface area contributed by atoms with Crippen molar-refractivity contribution < 1.29 is 5.11 Å². The Bertz CT molecular complexity index is 441. The highest BCUT2D eigenvalue weighted by molar-refractivity contribution is 5.67. The fourth-order valence-corrected chi connectivity index (χ4v) is 1.97. The topological polar surface area (TPSA) is 73.0 Å². The molecule has 0 radical (unpaired) electrons. The molecule has 4 N–H and O–H groups in total. The number of hydrogen-bond acceptors (Lipinski definition) is 4. The van der Waals surface area contributed by atoms with Gasteiger partial charge in [0.1, 0.15) is 11.9 Å². The van der Waals surface area contributed by atoms with Crippen LogP contribution in [-0.2, 0) is 0 Å². The number of aliphatic hydroxyl groups excluding tert-OH is 1. The van der Waals surface area contributed by atoms with Crippen LogP contribution in [0, 0.1) is 0 Å². The van der Waals surface area contributed by atoms with Gasteiger partial charge in [-0.05, 0) is 37.3 Å². The summed E-state index contributed by atoms with van der Waals surface area (Å²) in [7, 11) is 1.91. The molecule has 2 aliphatic carbocycles. The Balaban J connectivity index is 1.74. The van der Waals surface area contributed by atoms with Gasteiger partial charge in [0.2, 0.25) is 0 Å². The van der Waals surface area contributed by atoms with Gasteiger partial charge in [-0.25, -0.2) is 0 Å². The second kappa shape index (κ2) is 4.16. The smallest absolute Gasteiger partial charge is 0.147 e. The van der Waals surface area contributed by atoms with E-state index < -0.39 is 6.23 Å². The van der Waals surface area contributed by atoms with Gasteiger partial charge in [-0.2, -0.15) is 5.10 Å². The molecule has 0 spiro atoms. The quantitative estimate of drug-likeness (QED) is 0.571. The Morgan fingerprint density at radius 3 is 2.88 bits per heavy atom. The number of allylic oxidation sites excluding steroid dienone is 1. The SMILES string of the molecule is CNC(=C1CC1)c1cc(C(O)NC2CC2)[nH]n1. The lowest BCUT2D eigenvalue weighted by Gasteiger charge is -2.08. The zero-order chi connectivity index (χ0) is 11.8. The predicted octanol–water partition coefficient (Wildman–Crippen LogP) is 0.877. The standard InChI is InChI=1S/C12H18N4O/c1-13-11(7-2-3-7)9-6-10(16-15-9)12(17)14-8-4-5-8/h6,8,12-14,17H,2-5H2,1H3,(H,15,16). The van der Waals surface area contributed by atoms with Crippen LogP contribution in [0.1, 0.15) is 43.3 Å². The van der Waals surface area contributed by atoms with Crippen molar-refractivity contribution in [3.63, 3.8) is 0 Å². The fourth-order valence-electron chi connectivity index (χ4n) is 1.97. The molecule has 2 fully saturated rings. The molecule has 0 aromatic carbocycles. The molecular formula is C12H18N4O. The summed E-state index contributed by atoms with van der Waals surface area (Å²) in [6.07, 6.45) is 3.99. The molecule has 0 aliphatic heterocycles. The van der Waals surface area contributed by atoms with Gasteiger partial charge in [-0.15, -0.1) is 0 Å². The number of H-pyrrole nitrogens is 1. The maximum atomic E-state index is 9.93. The monoisotopic (exact) mass is 234 g/mol. The van der Waals surface area contributed by atoms with E-state index in [1.807, 2.05) is 13.1 Å². The third kappa shape index (κ3) is 2.35. The van der Waals surface area contributed by atoms with Crippen molar-refractivity contribution in [1.82, 2.24) is 20.8 Å². The summed E-state index contributed by atoms with van der Waals surface area (Å²) in [5, 5.41) is 23.4. The summed E-state index contributed by atoms with van der Waals surface area (Å²) in [4.78, 5) is 0. The minimum absolute atomic E-state index is 0.474. The Labute approximate surface area is 100 Å². The first-order chi connectivity index (χ1) is 8.28. The van der Waals surface area contributed by atoms with E-state index in [9.17, 15) is 5.11 Å². The summed E-state index contributed by atoms with van der Waals surface area (Å²) in [5.74, 6) is 0. The third-order valence-electron chi connectivity index (χ3n) is 3.22. The molecule has 1 atom stereocenters. The molecule has 0 bridgehead atoms. The van der Waals surface area contributed by atoms with Crippen LogP contribution in [0.25, 0.3) is 5.70 Å². The van der Waals surface area contributed by atoms with Crippen LogP contribution in [-0.4, -0.2) is 28.4 Å². The molecular weight excluding hydrogens is 216 g/mol. The van der Waals surface area contributed by atoms with Crippen molar-refractivity contribution in [2.75, 3.05) is 7.05 Å². The molecule has 5 nitrogen and oxygen atoms in total. The highest BCUT2D eigenvalue weighted by Crippen LogP contribution is 2.34. The highest BCUT2D eigenvalue weighted by Gasteiger charge is 2.26. The molecule has 1 unspecified atom stereocenters. The van der Waals surface area contributed by atoms with Crippen LogP contribution < -0.4 is 10.6 Å². The first-order valence-corrected chi connectivity index (χ1v) is 6.17. The van der Waals surface area contributed by atoms with Crippen LogP contribution in [0.5, 0.6) is 0 Å². The van der Waals surface area contributed by atoms with E-state index in [1.165, 1.54) is 5.57 Å². The van der Waals surface area contributed by atoms with Crippen molar-refractivity contribution in [2.45, 2.75) is 38.0 Å². The minimum Gasteiger partial charge on any atom is -0.386 e. The summed E-state index contributed by atoms with van der Waals surface area (Å²) in [5.41, 5.74) is 4.15. The lowest BCUT2D eigenvalue weighted by atomic mass is 10.2. The Hall–Kier alpha value is -1.33. The number of aromatic nitrogens is 2. The molecule has 1 aromatic rings. The zero-order valence-electron chi connectivity index (χ0n) is 9.95. The van der Waals surface area contributed by atoms with Gasteiger partial charge in [-0.3, -0.25) is 10.4 Å². The molecule has 3 rings (SSSR count). The van der Waals surface area contributed by atoms with Gasteiger partial charge >= 0.3 is 0 Å². The first kappa shape index (κ1) is 10.8. The van der Waals surface area contributed by atoms with Gasteiger partial charge in [0.05, 0.1) is 11.4 Å². The van der Waals surface area contributed by atoms with E-state index >= 15 is 0 Å². The maximum Gasteiger partial charge on any atom is 0.147 e. The molecule has 17 heavy (non-hydrogen) atoms. The molecule has 1 heterocycles. The second-order valence-electron chi connectivity index (χ2n) is 4.78. The molecule has 2 aliphatic rings. The van der Waals surface area contributed by atoms with Crippen molar-refractivity contribution in [2.24, 2.45) is 0 Å². The van der Waals surface area contributed by atoms with Crippen LogP contribution in [0.2, 0.25) is 0 Å². The maximum absolute atomic E-state index is 9.93. The van der Waals surface area contributed by atoms with Crippen molar-refractivity contribution in [3.05, 3.63) is 23.0 Å². The average molecular weight is 234 g/mol. The normalized spacial score (nSPS) is 20.2. The summed E-state index contributed by atoms with van der Waals surface area (Å²) >= 11 is 0. The minimum atomic E-state index is -0.633. The van der Waals surface area contributed by atoms with E-state index in [1.54, 1.807) is 0 Å². The average Bonchev–Trinajstić information content (AvgIpc) is 3.22. The van der Waals surface area contributed by atoms with Crippen LogP contribution in [0.3, 0.4) is 0 Å². The van der Waals surface area contributed by atoms with Gasteiger partial charge in [0.15, 0.2) is 0 Å². The molecule has 0 saturated heterocycles. The number of hydrogen-bond donors (Lipinski definition) is 4. The molecule has 5 heteroatoms. The van der Waals surface area contributed by atoms with Gasteiger partial charge in [-0.1, -0.05) is 0 Å². The second-order valence-corrected chi connectivity index (χ2v) is 4.78. The van der Waals surface area contributed by atoms with Crippen molar-refractivity contribution in [3.8, 4) is 0 Å². The fraction of sp³-hybridized carbons (Fsp3) is 0.583. The van der Waals surface area contributed by atoms with Gasteiger partial charge < -0.3 is 10.4 Å². The van der Waals surface area contributed by atoms with E-state index in [0.717, 1.165) is 42.8 Å². The predicted molar refractivity (Wildman–Crippen MR) is 64.9 cm³/mol. The van der Waals surface area contributed by atoms with Gasteiger partial charge in [0, 0.05) is 13.1 Å². The van der Waals surface area contributed by atoms with Crippen molar-refractivity contribution >= 4 is 5.70 Å². The van der Waals surface area contributed by atoms with Gasteiger partial charge in [0.25, 0.3) is 0 Å². The van der Waals surface area contributed by atoms with Crippen molar-refractivity contribution in [1.29, 1.82) is 0 Å². The largest absolute Gasteiger partial charge is 0.386 e. The van der Waals surface area contributed by atoms with Crippen LogP contribution >= 0.6 is 0 Å². The number of aromatic amines is 1. The summed E-state index contributed by atoms with van der Waals surface area (Å²) in [6.45, 7) is 0. The highest BCUT2D eigenvalue weighted by atomic mass is 16.3. The number of rotatable bonds is 5. The first-order valence-electron chi connectivity index (χ1n) is 6.17. The number of nitrogens with one attached hydrogen (secondary N) is 3. The van der Waals surface area contributed by atoms with Crippen LogP contribution in [0.15, 0.2) is 11.6 Å². The molecule has 1 aromatic heterocycles. The summed E-state index contributed by atoms with van der Waals surface area (Å²) in [6, 6.07) is 2.39. The summed E-state index contributed by atoms with van der Waals surface area (Å²) < 4.78 is 0. The van der Waals surface area contributed by atoms with E-state index in [0.29, 0.717) is 6.04 Å². The number of nitrogens with zero attached hydrogens (tertiary/aromatic N) is 1. The van der Waals surface area contributed by atoms with E-state index in [-0.39, 0.29) is 0 Å². The van der Waals surface area contributed by atoms with E-state index in [2.05, 4.69) is 20.8 Å². The molecule has 0 amide bonds. The zero-order valence-corrected chi connectivity index (χ0v) is 9.95. The lowest BCUT2D eigenvalue weighted by Crippen LogP contribution is -2.23. The Kier molecular flexibility index (Phi) is 2.64. The molecule has 2 saturated carbocycles.